The Morgan fingerprint density at radius 2 is 2.04 bits per heavy atom. The summed E-state index contributed by atoms with van der Waals surface area (Å²) in [4.78, 5) is 34.6. The molecule has 2 saturated heterocycles. The second-order valence-electron chi connectivity index (χ2n) is 6.02. The van der Waals surface area contributed by atoms with Gasteiger partial charge in [-0.2, -0.15) is 4.98 Å². The summed E-state index contributed by atoms with van der Waals surface area (Å²) >= 11 is 0. The van der Waals surface area contributed by atoms with E-state index in [-0.39, 0.29) is 23.3 Å². The van der Waals surface area contributed by atoms with Crippen molar-refractivity contribution in [1.82, 2.24) is 14.9 Å². The zero-order chi connectivity index (χ0) is 16.4. The fraction of sp³-hybridized carbons (Fsp3) is 0.643. The Hall–Kier alpha value is -2.45. The van der Waals surface area contributed by atoms with Gasteiger partial charge in [-0.3, -0.25) is 14.9 Å². The van der Waals surface area contributed by atoms with E-state index in [0.717, 1.165) is 51.5 Å². The summed E-state index contributed by atoms with van der Waals surface area (Å²) in [6.45, 7) is 2.94. The van der Waals surface area contributed by atoms with Crippen LogP contribution in [0.3, 0.4) is 0 Å². The number of anilines is 2. The summed E-state index contributed by atoms with van der Waals surface area (Å²) in [6.07, 6.45) is 5.00. The van der Waals surface area contributed by atoms with E-state index < -0.39 is 4.92 Å². The molecule has 0 spiro atoms. The monoisotopic (exact) mass is 320 g/mol. The van der Waals surface area contributed by atoms with Gasteiger partial charge in [0.2, 0.25) is 17.7 Å². The zero-order valence-electron chi connectivity index (χ0n) is 12.8. The van der Waals surface area contributed by atoms with Gasteiger partial charge in [0.05, 0.1) is 10.8 Å². The van der Waals surface area contributed by atoms with Crippen molar-refractivity contribution >= 4 is 23.4 Å². The van der Waals surface area contributed by atoms with Crippen LogP contribution in [0, 0.1) is 16.0 Å². The highest BCUT2D eigenvalue weighted by molar-refractivity contribution is 5.80. The van der Waals surface area contributed by atoms with Gasteiger partial charge in [0.15, 0.2) is 0 Å². The lowest BCUT2D eigenvalue weighted by atomic mass is 9.97. The topological polar surface area (TPSA) is 118 Å². The highest BCUT2D eigenvalue weighted by Crippen LogP contribution is 2.26. The van der Waals surface area contributed by atoms with Crippen LogP contribution in [-0.2, 0) is 4.79 Å². The smallest absolute Gasteiger partial charge is 0.329 e. The largest absolute Gasteiger partial charge is 0.378 e. The predicted octanol–water partition coefficient (Wildman–Crippen LogP) is 0.806. The highest BCUT2D eigenvalue weighted by Gasteiger charge is 2.31. The molecule has 1 aromatic heterocycles. The lowest BCUT2D eigenvalue weighted by Crippen LogP contribution is -2.44. The number of hydrogen-bond acceptors (Lipinski definition) is 7. The molecule has 124 valence electrons. The Morgan fingerprint density at radius 3 is 2.70 bits per heavy atom. The minimum atomic E-state index is -0.602. The minimum absolute atomic E-state index is 0.0677. The maximum atomic E-state index is 12.5. The van der Waals surface area contributed by atoms with E-state index in [4.69, 9.17) is 5.73 Å². The van der Waals surface area contributed by atoms with Crippen LogP contribution in [0.4, 0.5) is 17.5 Å². The molecule has 1 amide bonds. The van der Waals surface area contributed by atoms with Crippen LogP contribution in [-0.4, -0.2) is 51.9 Å². The van der Waals surface area contributed by atoms with E-state index in [1.54, 1.807) is 0 Å². The predicted molar refractivity (Wildman–Crippen MR) is 83.8 cm³/mol. The summed E-state index contributed by atoms with van der Waals surface area (Å²) in [6, 6.07) is 0. The van der Waals surface area contributed by atoms with Crippen molar-refractivity contribution in [2.24, 2.45) is 5.92 Å². The van der Waals surface area contributed by atoms with Gasteiger partial charge in [-0.15, -0.1) is 0 Å². The van der Waals surface area contributed by atoms with E-state index in [2.05, 4.69) is 9.97 Å². The third kappa shape index (κ3) is 3.17. The lowest BCUT2D eigenvalue weighted by Gasteiger charge is -2.33. The molecule has 2 aliphatic rings. The van der Waals surface area contributed by atoms with Gasteiger partial charge in [0.25, 0.3) is 0 Å². The maximum absolute atomic E-state index is 12.5. The molecule has 0 bridgehead atoms. The Labute approximate surface area is 133 Å². The van der Waals surface area contributed by atoms with E-state index >= 15 is 0 Å². The van der Waals surface area contributed by atoms with Crippen LogP contribution in [0.2, 0.25) is 0 Å². The number of nitrogens with zero attached hydrogens (tertiary/aromatic N) is 5. The van der Waals surface area contributed by atoms with Gasteiger partial charge in [0.1, 0.15) is 6.20 Å². The van der Waals surface area contributed by atoms with Gasteiger partial charge in [0, 0.05) is 26.2 Å². The number of nitrogens with two attached hydrogens (primary N) is 1. The first-order chi connectivity index (χ1) is 11.1. The molecule has 2 aliphatic heterocycles. The van der Waals surface area contributed by atoms with Crippen LogP contribution in [0.15, 0.2) is 6.20 Å². The molecule has 2 fully saturated rings. The number of aromatic nitrogens is 2. The molecule has 2 N–H and O–H groups in total. The first-order valence-corrected chi connectivity index (χ1v) is 7.87. The number of nitrogen functional groups attached to an aromatic ring is 1. The van der Waals surface area contributed by atoms with E-state index in [0.29, 0.717) is 12.5 Å². The van der Waals surface area contributed by atoms with Crippen LogP contribution in [0.25, 0.3) is 0 Å². The Balaban J connectivity index is 1.72. The van der Waals surface area contributed by atoms with Crippen LogP contribution in [0.1, 0.15) is 25.7 Å². The number of piperidine rings is 1. The molecule has 3 heterocycles. The molecular weight excluding hydrogens is 300 g/mol. The van der Waals surface area contributed by atoms with Crippen molar-refractivity contribution in [2.45, 2.75) is 25.7 Å². The van der Waals surface area contributed by atoms with Crippen LogP contribution in [0.5, 0.6) is 0 Å². The summed E-state index contributed by atoms with van der Waals surface area (Å²) < 4.78 is 0. The molecule has 0 saturated carbocycles. The van der Waals surface area contributed by atoms with Gasteiger partial charge in [-0.1, -0.05) is 0 Å². The minimum Gasteiger partial charge on any atom is -0.378 e. The molecule has 0 aliphatic carbocycles. The summed E-state index contributed by atoms with van der Waals surface area (Å²) in [5, 5.41) is 10.8. The number of nitro groups is 1. The molecule has 3 rings (SSSR count). The molecule has 1 atom stereocenters. The third-order valence-electron chi connectivity index (χ3n) is 4.45. The van der Waals surface area contributed by atoms with Gasteiger partial charge >= 0.3 is 5.69 Å². The Morgan fingerprint density at radius 1 is 1.30 bits per heavy atom. The lowest BCUT2D eigenvalue weighted by molar-refractivity contribution is -0.384. The molecule has 23 heavy (non-hydrogen) atoms. The van der Waals surface area contributed by atoms with E-state index in [1.165, 1.54) is 0 Å². The average molecular weight is 320 g/mol. The van der Waals surface area contributed by atoms with Crippen LogP contribution < -0.4 is 10.6 Å². The van der Waals surface area contributed by atoms with Crippen molar-refractivity contribution in [1.29, 1.82) is 0 Å². The first-order valence-electron chi connectivity index (χ1n) is 7.87. The Bertz CT molecular complexity index is 617. The molecular formula is C14H20N6O3. The average Bonchev–Trinajstić information content (AvgIpc) is 3.08. The zero-order valence-corrected chi connectivity index (χ0v) is 12.8. The molecule has 0 radical (unpaired) electrons. The maximum Gasteiger partial charge on any atom is 0.329 e. The third-order valence-corrected chi connectivity index (χ3v) is 4.45. The van der Waals surface area contributed by atoms with Crippen molar-refractivity contribution in [3.05, 3.63) is 16.3 Å². The number of carbonyl (C=O) groups excluding carboxylic acids is 1. The molecule has 9 nitrogen and oxygen atoms in total. The van der Waals surface area contributed by atoms with Crippen molar-refractivity contribution < 1.29 is 9.72 Å². The number of amides is 1. The van der Waals surface area contributed by atoms with Gasteiger partial charge in [-0.05, 0) is 25.7 Å². The van der Waals surface area contributed by atoms with E-state index in [9.17, 15) is 14.9 Å². The number of carbonyl (C=O) groups is 1. The molecule has 0 unspecified atom stereocenters. The van der Waals surface area contributed by atoms with Crippen LogP contribution >= 0.6 is 0 Å². The number of hydrogen-bond donors (Lipinski definition) is 1. The second kappa shape index (κ2) is 6.35. The normalized spacial score (nSPS) is 21.5. The fourth-order valence-electron chi connectivity index (χ4n) is 3.23. The highest BCUT2D eigenvalue weighted by atomic mass is 16.6. The van der Waals surface area contributed by atoms with E-state index in [1.807, 2.05) is 9.80 Å². The van der Waals surface area contributed by atoms with Gasteiger partial charge in [-0.25, -0.2) is 4.98 Å². The van der Waals surface area contributed by atoms with Gasteiger partial charge < -0.3 is 15.5 Å². The first kappa shape index (κ1) is 15.4. The Kier molecular flexibility index (Phi) is 4.26. The number of likely N-dealkylation sites (tertiary alicyclic amines) is 1. The SMILES string of the molecule is Nc1nc(N2CCC[C@@H](C(=O)N3CCCC3)C2)ncc1[N+](=O)[O-]. The summed E-state index contributed by atoms with van der Waals surface area (Å²) in [5.41, 5.74) is 5.33. The summed E-state index contributed by atoms with van der Waals surface area (Å²) in [7, 11) is 0. The molecule has 0 aromatic carbocycles. The summed E-state index contributed by atoms with van der Waals surface area (Å²) in [5.74, 6) is 0.337. The van der Waals surface area contributed by atoms with Crippen molar-refractivity contribution in [3.63, 3.8) is 0 Å². The quantitative estimate of drug-likeness (QED) is 0.646. The number of rotatable bonds is 3. The molecule has 9 heteroatoms. The second-order valence-corrected chi connectivity index (χ2v) is 6.02. The van der Waals surface area contributed by atoms with Crippen molar-refractivity contribution in [2.75, 3.05) is 36.8 Å². The molecule has 1 aromatic rings. The van der Waals surface area contributed by atoms with Crippen molar-refractivity contribution in [3.8, 4) is 0 Å². The fourth-order valence-corrected chi connectivity index (χ4v) is 3.23. The standard InChI is InChI=1S/C14H20N6O3/c15-12-11(20(22)23)8-16-14(17-12)19-7-3-4-10(9-19)13(21)18-5-1-2-6-18/h8,10H,1-7,9H2,(H2,15,16,17)/t10-/m1/s1.